The highest BCUT2D eigenvalue weighted by molar-refractivity contribution is 5.91. The van der Waals surface area contributed by atoms with E-state index in [2.05, 4.69) is 34.6 Å². The van der Waals surface area contributed by atoms with Crippen molar-refractivity contribution in [1.29, 1.82) is 0 Å². The van der Waals surface area contributed by atoms with Crippen LogP contribution in [0.15, 0.2) is 23.3 Å². The van der Waals surface area contributed by atoms with Crippen LogP contribution in [0.5, 0.6) is 0 Å². The molecule has 0 spiro atoms. The molecule has 0 aromatic heterocycles. The number of hydrogen-bond donors (Lipinski definition) is 0. The molecule has 6 fully saturated rings. The number of ketones is 2. The third kappa shape index (κ3) is 5.36. The lowest BCUT2D eigenvalue weighted by atomic mass is 9.47. The second kappa shape index (κ2) is 12.7. The molecule has 0 radical (unpaired) electrons. The first-order valence-electron chi connectivity index (χ1n) is 20.8. The zero-order chi connectivity index (χ0) is 35.2. The van der Waals surface area contributed by atoms with Crippen LogP contribution >= 0.6 is 0 Å². The highest BCUT2D eigenvalue weighted by Crippen LogP contribution is 2.68. The van der Waals surface area contributed by atoms with Crippen molar-refractivity contribution < 1.29 is 28.7 Å². The molecule has 14 unspecified atom stereocenters. The van der Waals surface area contributed by atoms with Gasteiger partial charge < -0.3 is 9.47 Å². The Bertz CT molecular complexity index is 1490. The van der Waals surface area contributed by atoms with Crippen molar-refractivity contribution in [3.05, 3.63) is 23.3 Å². The summed E-state index contributed by atoms with van der Waals surface area (Å²) in [5, 5.41) is 0. The van der Waals surface area contributed by atoms with Gasteiger partial charge >= 0.3 is 11.9 Å². The molecule has 8 aliphatic carbocycles. The number of fused-ring (bicyclic) bond motifs is 10. The van der Waals surface area contributed by atoms with Crippen molar-refractivity contribution in [3.63, 3.8) is 0 Å². The number of ether oxygens (including phenoxy) is 2. The van der Waals surface area contributed by atoms with E-state index in [4.69, 9.17) is 9.47 Å². The van der Waals surface area contributed by atoms with Gasteiger partial charge in [-0.1, -0.05) is 38.8 Å². The molecule has 6 saturated carbocycles. The number of carbonyl (C=O) groups is 4. The van der Waals surface area contributed by atoms with Gasteiger partial charge in [0.25, 0.3) is 0 Å². The van der Waals surface area contributed by atoms with Crippen molar-refractivity contribution >= 4 is 23.5 Å². The van der Waals surface area contributed by atoms with Gasteiger partial charge in [0.15, 0.2) is 11.6 Å². The highest BCUT2D eigenvalue weighted by Gasteiger charge is 2.64. The maximum Gasteiger partial charge on any atom is 0.306 e. The quantitative estimate of drug-likeness (QED) is 0.259. The van der Waals surface area contributed by atoms with Crippen LogP contribution in [0.3, 0.4) is 0 Å². The van der Waals surface area contributed by atoms with Crippen LogP contribution in [0.4, 0.5) is 0 Å². The summed E-state index contributed by atoms with van der Waals surface area (Å²) in [7, 11) is 0. The minimum absolute atomic E-state index is 0.0149. The van der Waals surface area contributed by atoms with Crippen LogP contribution in [0.1, 0.15) is 144 Å². The number of esters is 2. The van der Waals surface area contributed by atoms with Gasteiger partial charge in [0.2, 0.25) is 0 Å². The molecular weight excluding hydrogens is 624 g/mol. The molecule has 274 valence electrons. The minimum Gasteiger partial charge on any atom is -0.462 e. The van der Waals surface area contributed by atoms with E-state index in [1.54, 1.807) is 0 Å². The van der Waals surface area contributed by atoms with E-state index >= 15 is 0 Å². The Balaban J connectivity index is 0.885. The third-order valence-corrected chi connectivity index (χ3v) is 17.1. The molecule has 0 aromatic rings. The maximum atomic E-state index is 13.5. The Morgan fingerprint density at radius 2 is 1.46 bits per heavy atom. The molecule has 0 saturated heterocycles. The lowest BCUT2D eigenvalue weighted by molar-refractivity contribution is -0.184. The van der Waals surface area contributed by atoms with E-state index in [0.717, 1.165) is 83.5 Å². The van der Waals surface area contributed by atoms with E-state index in [-0.39, 0.29) is 41.7 Å². The fourth-order valence-corrected chi connectivity index (χ4v) is 15.2. The Morgan fingerprint density at radius 1 is 0.740 bits per heavy atom. The molecule has 8 aliphatic rings. The number of carbonyl (C=O) groups excluding carboxylic acids is 4. The molecule has 0 bridgehead atoms. The molecule has 14 atom stereocenters. The monoisotopic (exact) mass is 686 g/mol. The highest BCUT2D eigenvalue weighted by atomic mass is 16.6. The summed E-state index contributed by atoms with van der Waals surface area (Å²) >= 11 is 0. The van der Waals surface area contributed by atoms with Gasteiger partial charge in [0, 0.05) is 23.7 Å². The maximum absolute atomic E-state index is 13.5. The molecule has 0 aromatic carbocycles. The second-order valence-electron chi connectivity index (χ2n) is 19.1. The van der Waals surface area contributed by atoms with Gasteiger partial charge in [-0.15, -0.1) is 0 Å². The first-order chi connectivity index (χ1) is 23.9. The van der Waals surface area contributed by atoms with Gasteiger partial charge in [-0.05, 0) is 162 Å². The lowest BCUT2D eigenvalue weighted by Crippen LogP contribution is -2.54. The molecule has 0 N–H and O–H groups in total. The lowest BCUT2D eigenvalue weighted by Gasteiger charge is -2.58. The van der Waals surface area contributed by atoms with E-state index in [1.165, 1.54) is 11.1 Å². The van der Waals surface area contributed by atoms with Crippen LogP contribution in [0, 0.1) is 70.0 Å². The number of rotatable bonds is 6. The second-order valence-corrected chi connectivity index (χ2v) is 19.1. The Hall–Kier alpha value is -2.24. The zero-order valence-corrected chi connectivity index (χ0v) is 31.5. The summed E-state index contributed by atoms with van der Waals surface area (Å²) in [5.41, 5.74) is 2.25. The Kier molecular flexibility index (Phi) is 8.85. The van der Waals surface area contributed by atoms with Crippen molar-refractivity contribution in [3.8, 4) is 0 Å². The minimum atomic E-state index is -0.505. The standard InChI is InChI=1S/C44H62O6/c1-6-44-20-17-33-31-11-8-29(45)22-27(31)7-10-34(33)35(44)18-19-43(44,5)50-39(48)16-15-38(47)49-37-14-13-36-41-25(2)21-28-23-30(46)9-12-32(28)40(41)26(3)24-42(36,37)4/h22-23,25-26,31-37,40-41H,6-21,24H2,1-5H3. The van der Waals surface area contributed by atoms with Crippen LogP contribution in [0.2, 0.25) is 0 Å². The molecule has 0 amide bonds. The Labute approximate surface area is 300 Å². The van der Waals surface area contributed by atoms with E-state index in [0.29, 0.717) is 83.6 Å². The Morgan fingerprint density at radius 3 is 2.22 bits per heavy atom. The first kappa shape index (κ1) is 34.8. The van der Waals surface area contributed by atoms with E-state index in [1.807, 2.05) is 12.2 Å². The van der Waals surface area contributed by atoms with Crippen molar-refractivity contribution in [2.45, 2.75) is 155 Å². The molecule has 0 heterocycles. The summed E-state index contributed by atoms with van der Waals surface area (Å²) in [6, 6.07) is 0. The van der Waals surface area contributed by atoms with Crippen LogP contribution in [-0.4, -0.2) is 35.2 Å². The van der Waals surface area contributed by atoms with Gasteiger partial charge in [0.05, 0.1) is 12.8 Å². The number of allylic oxidation sites excluding steroid dienone is 2. The SMILES string of the molecule is CCC12CCC3C4CCC(=O)C=C4CCC3C1CCC2(C)OC(=O)CCC(=O)OC1CCC2C3C(C)CC4=CC(=O)CCC4C3C(C)CC12C. The smallest absolute Gasteiger partial charge is 0.306 e. The van der Waals surface area contributed by atoms with Crippen molar-refractivity contribution in [2.75, 3.05) is 0 Å². The van der Waals surface area contributed by atoms with Crippen LogP contribution in [0.25, 0.3) is 0 Å². The molecule has 6 nitrogen and oxygen atoms in total. The summed E-state index contributed by atoms with van der Waals surface area (Å²) in [5.74, 6) is 5.88. The molecule has 0 aliphatic heterocycles. The predicted octanol–water partition coefficient (Wildman–Crippen LogP) is 9.15. The van der Waals surface area contributed by atoms with Crippen molar-refractivity contribution in [2.24, 2.45) is 70.0 Å². The fourth-order valence-electron chi connectivity index (χ4n) is 15.2. The molecule has 50 heavy (non-hydrogen) atoms. The zero-order valence-electron chi connectivity index (χ0n) is 31.5. The van der Waals surface area contributed by atoms with Gasteiger partial charge in [0.1, 0.15) is 11.7 Å². The fraction of sp³-hybridized carbons (Fsp3) is 0.818. The summed E-state index contributed by atoms with van der Waals surface area (Å²) in [6.45, 7) is 11.6. The topological polar surface area (TPSA) is 86.7 Å². The summed E-state index contributed by atoms with van der Waals surface area (Å²) < 4.78 is 12.8. The third-order valence-electron chi connectivity index (χ3n) is 17.1. The average molecular weight is 687 g/mol. The van der Waals surface area contributed by atoms with Gasteiger partial charge in [-0.2, -0.15) is 0 Å². The summed E-state index contributed by atoms with van der Waals surface area (Å²) in [6.07, 6.45) is 18.9. The average Bonchev–Trinajstić information content (AvgIpc) is 3.55. The van der Waals surface area contributed by atoms with E-state index < -0.39 is 5.60 Å². The van der Waals surface area contributed by atoms with Gasteiger partial charge in [-0.25, -0.2) is 0 Å². The number of hydrogen-bond acceptors (Lipinski definition) is 6. The normalized spacial score (nSPS) is 47.7. The molecule has 8 rings (SSSR count). The van der Waals surface area contributed by atoms with Crippen LogP contribution < -0.4 is 0 Å². The van der Waals surface area contributed by atoms with Gasteiger partial charge in [-0.3, -0.25) is 19.2 Å². The first-order valence-corrected chi connectivity index (χ1v) is 20.8. The van der Waals surface area contributed by atoms with Crippen LogP contribution in [-0.2, 0) is 28.7 Å². The molecular formula is C44H62O6. The molecule has 6 heteroatoms. The predicted molar refractivity (Wildman–Crippen MR) is 192 cm³/mol. The van der Waals surface area contributed by atoms with E-state index in [9.17, 15) is 19.2 Å². The summed E-state index contributed by atoms with van der Waals surface area (Å²) in [4.78, 5) is 51.4. The van der Waals surface area contributed by atoms with Crippen molar-refractivity contribution in [1.82, 2.24) is 0 Å². The largest absolute Gasteiger partial charge is 0.462 e.